The summed E-state index contributed by atoms with van der Waals surface area (Å²) in [4.78, 5) is 14.3. The van der Waals surface area contributed by atoms with Crippen LogP contribution in [-0.4, -0.2) is 31.5 Å². The molecule has 1 amide bonds. The number of methoxy groups -OCH3 is 1. The smallest absolute Gasteiger partial charge is 0.234 e. The molecule has 136 valence electrons. The van der Waals surface area contributed by atoms with E-state index in [0.29, 0.717) is 13.1 Å². The number of nitrogens with zero attached hydrogens (tertiary/aromatic N) is 1. The van der Waals surface area contributed by atoms with Gasteiger partial charge in [-0.05, 0) is 43.8 Å². The molecule has 0 radical (unpaired) electrons. The third kappa shape index (κ3) is 4.43. The molecule has 0 unspecified atom stereocenters. The molecule has 0 bridgehead atoms. The Kier molecular flexibility index (Phi) is 5.58. The predicted molar refractivity (Wildman–Crippen MR) is 102 cm³/mol. The average molecular weight is 352 g/mol. The summed E-state index contributed by atoms with van der Waals surface area (Å²) in [6.45, 7) is 2.94. The van der Waals surface area contributed by atoms with Gasteiger partial charge < -0.3 is 14.5 Å². The Bertz CT molecular complexity index is 837. The zero-order valence-corrected chi connectivity index (χ0v) is 15.4. The van der Waals surface area contributed by atoms with Crippen molar-refractivity contribution in [3.05, 3.63) is 65.9 Å². The fourth-order valence-corrected chi connectivity index (χ4v) is 2.92. The summed E-state index contributed by atoms with van der Waals surface area (Å²) in [6, 6.07) is 17.5. The van der Waals surface area contributed by atoms with Crippen LogP contribution in [0, 0.1) is 0 Å². The van der Waals surface area contributed by atoms with Crippen molar-refractivity contribution in [2.75, 3.05) is 20.7 Å². The molecule has 1 aromatic heterocycles. The molecule has 26 heavy (non-hydrogen) atoms. The van der Waals surface area contributed by atoms with Crippen LogP contribution in [0.2, 0.25) is 0 Å². The highest BCUT2D eigenvalue weighted by atomic mass is 16.5. The Balaban J connectivity index is 1.53. The monoisotopic (exact) mass is 352 g/mol. The van der Waals surface area contributed by atoms with Crippen molar-refractivity contribution in [1.82, 2.24) is 10.2 Å². The van der Waals surface area contributed by atoms with Gasteiger partial charge in [0.2, 0.25) is 5.91 Å². The molecule has 0 saturated heterocycles. The van der Waals surface area contributed by atoms with Gasteiger partial charge in [-0.3, -0.25) is 9.69 Å². The highest BCUT2D eigenvalue weighted by Gasteiger charge is 2.15. The Labute approximate surface area is 153 Å². The second-order valence-electron chi connectivity index (χ2n) is 6.50. The fourth-order valence-electron chi connectivity index (χ4n) is 2.92. The van der Waals surface area contributed by atoms with E-state index < -0.39 is 0 Å². The highest BCUT2D eigenvalue weighted by Crippen LogP contribution is 2.23. The minimum atomic E-state index is -0.177. The summed E-state index contributed by atoms with van der Waals surface area (Å²) in [5.74, 6) is 1.56. The summed E-state index contributed by atoms with van der Waals surface area (Å²) in [6.07, 6.45) is 0. The first-order valence-corrected chi connectivity index (χ1v) is 8.64. The molecule has 0 spiro atoms. The number of rotatable bonds is 7. The Morgan fingerprint density at radius 3 is 2.62 bits per heavy atom. The summed E-state index contributed by atoms with van der Waals surface area (Å²) in [5, 5.41) is 4.04. The number of hydrogen-bond donors (Lipinski definition) is 1. The van der Waals surface area contributed by atoms with Gasteiger partial charge in [0.25, 0.3) is 0 Å². The number of carbonyl (C=O) groups is 1. The second-order valence-corrected chi connectivity index (χ2v) is 6.50. The molecule has 0 aliphatic heterocycles. The molecule has 0 saturated carbocycles. The van der Waals surface area contributed by atoms with E-state index in [-0.39, 0.29) is 11.9 Å². The fraction of sp³-hybridized carbons (Fsp3) is 0.286. The van der Waals surface area contributed by atoms with Gasteiger partial charge in [0, 0.05) is 11.9 Å². The molecule has 5 nitrogen and oxygen atoms in total. The lowest BCUT2D eigenvalue weighted by Crippen LogP contribution is -2.36. The first-order chi connectivity index (χ1) is 12.5. The number of fused-ring (bicyclic) bond motifs is 1. The zero-order valence-electron chi connectivity index (χ0n) is 15.4. The number of carbonyl (C=O) groups excluding carboxylic acids is 1. The summed E-state index contributed by atoms with van der Waals surface area (Å²) < 4.78 is 11.0. The maximum atomic E-state index is 12.3. The van der Waals surface area contributed by atoms with Crippen molar-refractivity contribution in [3.63, 3.8) is 0 Å². The largest absolute Gasteiger partial charge is 0.497 e. The van der Waals surface area contributed by atoms with Crippen LogP contribution in [0.25, 0.3) is 11.0 Å². The van der Waals surface area contributed by atoms with Gasteiger partial charge in [-0.1, -0.05) is 30.3 Å². The van der Waals surface area contributed by atoms with Crippen molar-refractivity contribution in [2.45, 2.75) is 19.5 Å². The average Bonchev–Trinajstić information content (AvgIpc) is 3.06. The Morgan fingerprint density at radius 2 is 1.92 bits per heavy atom. The Hall–Kier alpha value is -2.79. The molecule has 1 N–H and O–H groups in total. The van der Waals surface area contributed by atoms with Crippen LogP contribution < -0.4 is 10.1 Å². The van der Waals surface area contributed by atoms with Crippen LogP contribution in [-0.2, 0) is 11.3 Å². The minimum Gasteiger partial charge on any atom is -0.497 e. The molecule has 2 aromatic carbocycles. The van der Waals surface area contributed by atoms with Gasteiger partial charge in [0.15, 0.2) is 0 Å². The molecular weight excluding hydrogens is 328 g/mol. The molecule has 1 heterocycles. The summed E-state index contributed by atoms with van der Waals surface area (Å²) in [5.41, 5.74) is 1.96. The normalized spacial score (nSPS) is 12.3. The van der Waals surface area contributed by atoms with Crippen LogP contribution >= 0.6 is 0 Å². The topological polar surface area (TPSA) is 54.7 Å². The molecular formula is C21H24N2O3. The third-order valence-electron chi connectivity index (χ3n) is 4.27. The number of hydrogen-bond acceptors (Lipinski definition) is 4. The van der Waals surface area contributed by atoms with Crippen molar-refractivity contribution >= 4 is 16.9 Å². The quantitative estimate of drug-likeness (QED) is 0.704. The predicted octanol–water partition coefficient (Wildman–Crippen LogP) is 3.75. The van der Waals surface area contributed by atoms with Crippen molar-refractivity contribution in [2.24, 2.45) is 0 Å². The van der Waals surface area contributed by atoms with Gasteiger partial charge >= 0.3 is 0 Å². The number of furan rings is 1. The number of likely N-dealkylation sites (N-methyl/N-ethyl adjacent to an activating group) is 1. The van der Waals surface area contributed by atoms with E-state index in [1.807, 2.05) is 73.5 Å². The van der Waals surface area contributed by atoms with E-state index in [2.05, 4.69) is 5.32 Å². The van der Waals surface area contributed by atoms with Crippen LogP contribution in [0.15, 0.2) is 59.0 Å². The molecule has 3 rings (SSSR count). The first kappa shape index (κ1) is 18.0. The molecule has 5 heteroatoms. The lowest BCUT2D eigenvalue weighted by atomic mass is 10.2. The minimum absolute atomic E-state index is 0.0334. The SMILES string of the molecule is COc1ccc(CN(C)CC(=O)N[C@@H](C)c2cc3ccccc3o2)cc1. The van der Waals surface area contributed by atoms with E-state index in [9.17, 15) is 4.79 Å². The number of benzene rings is 2. The number of nitrogens with one attached hydrogen (secondary N) is 1. The molecule has 1 atom stereocenters. The van der Waals surface area contributed by atoms with Crippen molar-refractivity contribution in [1.29, 1.82) is 0 Å². The van der Waals surface area contributed by atoms with Crippen LogP contribution in [0.3, 0.4) is 0 Å². The summed E-state index contributed by atoms with van der Waals surface area (Å²) >= 11 is 0. The van der Waals surface area contributed by atoms with Gasteiger partial charge in [-0.15, -0.1) is 0 Å². The van der Waals surface area contributed by atoms with E-state index in [4.69, 9.17) is 9.15 Å². The van der Waals surface area contributed by atoms with Crippen LogP contribution in [0.5, 0.6) is 5.75 Å². The first-order valence-electron chi connectivity index (χ1n) is 8.64. The zero-order chi connectivity index (χ0) is 18.5. The van der Waals surface area contributed by atoms with Gasteiger partial charge in [-0.25, -0.2) is 0 Å². The van der Waals surface area contributed by atoms with Crippen molar-refractivity contribution in [3.8, 4) is 5.75 Å². The Morgan fingerprint density at radius 1 is 1.19 bits per heavy atom. The van der Waals surface area contributed by atoms with Crippen molar-refractivity contribution < 1.29 is 13.9 Å². The molecule has 0 aliphatic rings. The number of para-hydroxylation sites is 1. The van der Waals surface area contributed by atoms with Gasteiger partial charge in [0.1, 0.15) is 17.1 Å². The molecule has 0 aliphatic carbocycles. The maximum Gasteiger partial charge on any atom is 0.234 e. The lowest BCUT2D eigenvalue weighted by molar-refractivity contribution is -0.122. The van der Waals surface area contributed by atoms with Gasteiger partial charge in [-0.2, -0.15) is 0 Å². The summed E-state index contributed by atoms with van der Waals surface area (Å²) in [7, 11) is 3.57. The molecule has 3 aromatic rings. The van der Waals surface area contributed by atoms with E-state index in [1.165, 1.54) is 0 Å². The van der Waals surface area contributed by atoms with Crippen LogP contribution in [0.4, 0.5) is 0 Å². The second kappa shape index (κ2) is 8.06. The third-order valence-corrected chi connectivity index (χ3v) is 4.27. The standard InChI is InChI=1S/C21H24N2O3/c1-15(20-12-17-6-4-5-7-19(17)26-20)22-21(24)14-23(2)13-16-8-10-18(25-3)11-9-16/h4-12,15H,13-14H2,1-3H3,(H,22,24)/t15-/m0/s1. The molecule has 0 fully saturated rings. The maximum absolute atomic E-state index is 12.3. The van der Waals surface area contributed by atoms with Gasteiger partial charge in [0.05, 0.1) is 19.7 Å². The lowest BCUT2D eigenvalue weighted by Gasteiger charge is -2.18. The van der Waals surface area contributed by atoms with E-state index in [0.717, 1.165) is 28.0 Å². The van der Waals surface area contributed by atoms with E-state index in [1.54, 1.807) is 7.11 Å². The highest BCUT2D eigenvalue weighted by molar-refractivity contribution is 5.80. The number of ether oxygens (including phenoxy) is 1. The number of amides is 1. The van der Waals surface area contributed by atoms with Crippen LogP contribution in [0.1, 0.15) is 24.3 Å². The van der Waals surface area contributed by atoms with E-state index >= 15 is 0 Å².